The maximum atomic E-state index is 12.9. The summed E-state index contributed by atoms with van der Waals surface area (Å²) in [4.78, 5) is 38.1. The molecule has 0 radical (unpaired) electrons. The van der Waals surface area contributed by atoms with Gasteiger partial charge < -0.3 is 15.4 Å². The molecule has 1 atom stereocenters. The third kappa shape index (κ3) is 4.97. The lowest BCUT2D eigenvalue weighted by molar-refractivity contribution is -0.123. The number of anilines is 2. The molecule has 1 heterocycles. The molecular weight excluding hydrogens is 412 g/mol. The summed E-state index contributed by atoms with van der Waals surface area (Å²) in [7, 11) is 0. The van der Waals surface area contributed by atoms with Gasteiger partial charge in [0.2, 0.25) is 5.91 Å². The van der Waals surface area contributed by atoms with Gasteiger partial charge in [0, 0.05) is 22.5 Å². The first kappa shape index (κ1) is 21.3. The molecule has 0 aliphatic heterocycles. The van der Waals surface area contributed by atoms with Crippen molar-refractivity contribution in [1.82, 2.24) is 0 Å². The topological polar surface area (TPSA) is 84.5 Å². The minimum absolute atomic E-state index is 0.250. The van der Waals surface area contributed by atoms with Crippen molar-refractivity contribution in [2.75, 3.05) is 10.6 Å². The number of aryl methyl sites for hydroxylation is 2. The molecule has 0 spiro atoms. The molecule has 1 aliphatic carbocycles. The number of benzene rings is 1. The summed E-state index contributed by atoms with van der Waals surface area (Å²) in [6, 6.07) is 5.18. The predicted molar refractivity (Wildman–Crippen MR) is 115 cm³/mol. The smallest absolute Gasteiger partial charge is 0.342 e. The van der Waals surface area contributed by atoms with Gasteiger partial charge >= 0.3 is 5.97 Å². The molecule has 0 fully saturated rings. The molecule has 6 nitrogen and oxygen atoms in total. The van der Waals surface area contributed by atoms with Gasteiger partial charge in [-0.15, -0.1) is 11.3 Å². The fourth-order valence-electron chi connectivity index (χ4n) is 3.27. The van der Waals surface area contributed by atoms with Crippen LogP contribution in [0.15, 0.2) is 18.2 Å². The highest BCUT2D eigenvalue weighted by atomic mass is 35.5. The van der Waals surface area contributed by atoms with E-state index in [-0.39, 0.29) is 5.91 Å². The van der Waals surface area contributed by atoms with Crippen LogP contribution in [-0.2, 0) is 27.2 Å². The van der Waals surface area contributed by atoms with Crippen molar-refractivity contribution in [3.05, 3.63) is 44.8 Å². The zero-order valence-electron chi connectivity index (χ0n) is 16.6. The van der Waals surface area contributed by atoms with Crippen LogP contribution in [0.4, 0.5) is 10.7 Å². The van der Waals surface area contributed by atoms with Crippen molar-refractivity contribution < 1.29 is 19.1 Å². The van der Waals surface area contributed by atoms with E-state index in [4.69, 9.17) is 16.3 Å². The van der Waals surface area contributed by atoms with Crippen molar-refractivity contribution in [3.63, 3.8) is 0 Å². The van der Waals surface area contributed by atoms with E-state index in [1.807, 2.05) is 6.92 Å². The lowest BCUT2D eigenvalue weighted by Crippen LogP contribution is -2.30. The molecule has 0 bridgehead atoms. The van der Waals surface area contributed by atoms with Crippen LogP contribution < -0.4 is 10.6 Å². The zero-order valence-corrected chi connectivity index (χ0v) is 18.1. The van der Waals surface area contributed by atoms with E-state index in [1.165, 1.54) is 25.2 Å². The second-order valence-corrected chi connectivity index (χ2v) is 8.63. The van der Waals surface area contributed by atoms with Crippen LogP contribution in [0.1, 0.15) is 53.1 Å². The zero-order chi connectivity index (χ0) is 21.1. The Morgan fingerprint density at radius 2 is 1.90 bits per heavy atom. The van der Waals surface area contributed by atoms with Gasteiger partial charge in [-0.2, -0.15) is 0 Å². The van der Waals surface area contributed by atoms with Crippen LogP contribution >= 0.6 is 22.9 Å². The van der Waals surface area contributed by atoms with Gasteiger partial charge in [-0.05, 0) is 62.8 Å². The molecule has 2 N–H and O–H groups in total. The Morgan fingerprint density at radius 3 is 2.62 bits per heavy atom. The van der Waals surface area contributed by atoms with Crippen molar-refractivity contribution in [3.8, 4) is 0 Å². The highest BCUT2D eigenvalue weighted by molar-refractivity contribution is 7.17. The number of esters is 1. The van der Waals surface area contributed by atoms with Gasteiger partial charge in [0.25, 0.3) is 5.91 Å². The fourth-order valence-corrected chi connectivity index (χ4v) is 4.76. The summed E-state index contributed by atoms with van der Waals surface area (Å²) in [5.74, 6) is -1.30. The number of carbonyl (C=O) groups is 3. The molecule has 2 aromatic rings. The van der Waals surface area contributed by atoms with Gasteiger partial charge in [-0.1, -0.05) is 17.7 Å². The number of nitrogens with one attached hydrogen (secondary N) is 2. The molecule has 2 amide bonds. The number of hydrogen-bond donors (Lipinski definition) is 2. The Bertz CT molecular complexity index is 970. The summed E-state index contributed by atoms with van der Waals surface area (Å²) >= 11 is 7.40. The monoisotopic (exact) mass is 434 g/mol. The summed E-state index contributed by atoms with van der Waals surface area (Å²) in [6.07, 6.45) is 2.67. The van der Waals surface area contributed by atoms with Gasteiger partial charge in [0.15, 0.2) is 6.10 Å². The largest absolute Gasteiger partial charge is 0.449 e. The van der Waals surface area contributed by atoms with E-state index >= 15 is 0 Å². The van der Waals surface area contributed by atoms with Crippen LogP contribution in [-0.4, -0.2) is 23.9 Å². The van der Waals surface area contributed by atoms with Crippen molar-refractivity contribution >= 4 is 51.4 Å². The number of carbonyl (C=O) groups excluding carboxylic acids is 3. The number of amides is 2. The molecule has 1 aromatic carbocycles. The SMILES string of the molecule is CC(=O)Nc1sc2c(c1C(=O)OC(C)C(=O)Nc1cc(Cl)ccc1C)CCCC2. The molecule has 0 saturated heterocycles. The Kier molecular flexibility index (Phi) is 6.59. The highest BCUT2D eigenvalue weighted by Crippen LogP contribution is 2.38. The third-order valence-corrected chi connectivity index (χ3v) is 6.22. The number of rotatable bonds is 5. The lowest BCUT2D eigenvalue weighted by Gasteiger charge is -2.17. The van der Waals surface area contributed by atoms with Crippen molar-refractivity contribution in [2.45, 2.75) is 52.6 Å². The molecule has 29 heavy (non-hydrogen) atoms. The minimum Gasteiger partial charge on any atom is -0.449 e. The quantitative estimate of drug-likeness (QED) is 0.666. The standard InChI is InChI=1S/C21H23ClN2O4S/c1-11-8-9-14(22)10-16(11)24-19(26)12(2)28-21(27)18-15-6-4-5-7-17(15)29-20(18)23-13(3)25/h8-10,12H,4-7H2,1-3H3,(H,23,25)(H,24,26). The molecule has 154 valence electrons. The van der Waals surface area contributed by atoms with Gasteiger partial charge in [-0.3, -0.25) is 9.59 Å². The maximum absolute atomic E-state index is 12.9. The lowest BCUT2D eigenvalue weighted by atomic mass is 9.95. The van der Waals surface area contributed by atoms with Crippen molar-refractivity contribution in [1.29, 1.82) is 0 Å². The summed E-state index contributed by atoms with van der Waals surface area (Å²) < 4.78 is 5.46. The van der Waals surface area contributed by atoms with E-state index in [0.29, 0.717) is 21.3 Å². The Balaban J connectivity index is 1.77. The number of hydrogen-bond acceptors (Lipinski definition) is 5. The van der Waals surface area contributed by atoms with Crippen LogP contribution in [0, 0.1) is 6.92 Å². The molecule has 1 aliphatic rings. The first-order valence-electron chi connectivity index (χ1n) is 9.46. The van der Waals surface area contributed by atoms with E-state index in [9.17, 15) is 14.4 Å². The molecule has 0 saturated carbocycles. The first-order chi connectivity index (χ1) is 13.8. The highest BCUT2D eigenvalue weighted by Gasteiger charge is 2.29. The van der Waals surface area contributed by atoms with Gasteiger partial charge in [0.1, 0.15) is 5.00 Å². The van der Waals surface area contributed by atoms with E-state index in [0.717, 1.165) is 41.7 Å². The maximum Gasteiger partial charge on any atom is 0.342 e. The fraction of sp³-hybridized carbons (Fsp3) is 0.381. The molecule has 1 unspecified atom stereocenters. The summed E-state index contributed by atoms with van der Waals surface area (Å²) in [5, 5.41) is 6.47. The third-order valence-electron chi connectivity index (χ3n) is 4.78. The number of halogens is 1. The molecule has 3 rings (SSSR count). The van der Waals surface area contributed by atoms with Gasteiger partial charge in [-0.25, -0.2) is 4.79 Å². The average Bonchev–Trinajstić information content (AvgIpc) is 3.01. The predicted octanol–water partition coefficient (Wildman–Crippen LogP) is 4.73. The Hall–Kier alpha value is -2.38. The van der Waals surface area contributed by atoms with Crippen LogP contribution in [0.25, 0.3) is 0 Å². The van der Waals surface area contributed by atoms with E-state index in [2.05, 4.69) is 10.6 Å². The Labute approximate surface area is 178 Å². The summed E-state index contributed by atoms with van der Waals surface area (Å²) in [6.45, 7) is 4.77. The second kappa shape index (κ2) is 8.97. The molecular formula is C21H23ClN2O4S. The van der Waals surface area contributed by atoms with Crippen LogP contribution in [0.2, 0.25) is 5.02 Å². The molecule has 1 aromatic heterocycles. The number of thiophene rings is 1. The van der Waals surface area contributed by atoms with Gasteiger partial charge in [0.05, 0.1) is 5.56 Å². The van der Waals surface area contributed by atoms with E-state index < -0.39 is 18.0 Å². The normalized spacial score (nSPS) is 13.9. The molecule has 8 heteroatoms. The summed E-state index contributed by atoms with van der Waals surface area (Å²) in [5.41, 5.74) is 2.71. The Morgan fingerprint density at radius 1 is 1.17 bits per heavy atom. The van der Waals surface area contributed by atoms with E-state index in [1.54, 1.807) is 18.2 Å². The minimum atomic E-state index is -1.01. The van der Waals surface area contributed by atoms with Crippen LogP contribution in [0.5, 0.6) is 0 Å². The van der Waals surface area contributed by atoms with Crippen molar-refractivity contribution in [2.24, 2.45) is 0 Å². The number of ether oxygens (including phenoxy) is 1. The number of fused-ring (bicyclic) bond motifs is 1. The van der Waals surface area contributed by atoms with Crippen LogP contribution in [0.3, 0.4) is 0 Å². The second-order valence-electron chi connectivity index (χ2n) is 7.09. The average molecular weight is 435 g/mol. The first-order valence-corrected chi connectivity index (χ1v) is 10.7.